The van der Waals surface area contributed by atoms with Crippen molar-refractivity contribution < 1.29 is 18.8 Å². The summed E-state index contributed by atoms with van der Waals surface area (Å²) in [5.41, 5.74) is -0.390. The molecule has 3 aromatic rings. The second kappa shape index (κ2) is 9.00. The number of fused-ring (bicyclic) bond motifs is 2. The molecule has 2 unspecified atom stereocenters. The van der Waals surface area contributed by atoms with Gasteiger partial charge in [0, 0.05) is 36.0 Å². The van der Waals surface area contributed by atoms with E-state index >= 15 is 4.39 Å². The minimum Gasteiger partial charge on any atom is -0.444 e. The van der Waals surface area contributed by atoms with E-state index in [1.165, 1.54) is 13.2 Å². The average molecular weight is 518 g/mol. The Kier molecular flexibility index (Phi) is 6.11. The van der Waals surface area contributed by atoms with E-state index in [9.17, 15) is 14.4 Å². The van der Waals surface area contributed by atoms with Crippen LogP contribution in [0.2, 0.25) is 0 Å². The molecule has 1 aliphatic carbocycles. The number of hydrogen-bond acceptors (Lipinski definition) is 8. The first-order valence-electron chi connectivity index (χ1n) is 11.8. The van der Waals surface area contributed by atoms with Gasteiger partial charge in [-0.1, -0.05) is 5.16 Å². The Bertz CT molecular complexity index is 1500. The van der Waals surface area contributed by atoms with Crippen LogP contribution in [0.5, 0.6) is 0 Å². The molecule has 2 fully saturated rings. The summed E-state index contributed by atoms with van der Waals surface area (Å²) in [6.45, 7) is 6.08. The Balaban J connectivity index is 1.71. The molecule has 1 saturated carbocycles. The lowest BCUT2D eigenvalue weighted by atomic mass is 9.89. The number of aromatic amines is 1. The first-order chi connectivity index (χ1) is 17.1. The van der Waals surface area contributed by atoms with Crippen LogP contribution in [0.1, 0.15) is 51.3 Å². The summed E-state index contributed by atoms with van der Waals surface area (Å²) < 4.78 is 25.8. The van der Waals surface area contributed by atoms with Crippen molar-refractivity contribution in [1.82, 2.24) is 19.6 Å². The Morgan fingerprint density at radius 1 is 1.31 bits per heavy atom. The number of carbonyl (C=O) groups excluding carboxylic acids is 1. The Hall–Kier alpha value is -3.25. The summed E-state index contributed by atoms with van der Waals surface area (Å²) >= 11 is 1.10. The smallest absolute Gasteiger partial charge is 0.408 e. The predicted octanol–water partition coefficient (Wildman–Crippen LogP) is 3.17. The van der Waals surface area contributed by atoms with Gasteiger partial charge in [0.25, 0.3) is 5.56 Å². The molecule has 3 heterocycles. The van der Waals surface area contributed by atoms with Gasteiger partial charge in [0.05, 0.1) is 17.3 Å². The number of benzene rings is 1. The number of H-pyrrole nitrogens is 1. The number of aromatic nitrogens is 2. The van der Waals surface area contributed by atoms with Gasteiger partial charge in [0.2, 0.25) is 5.43 Å². The fourth-order valence-electron chi connectivity index (χ4n) is 4.76. The molecule has 5 rings (SSSR count). The molecular formula is C24H28FN5O5S. The number of pyridine rings is 1. The van der Waals surface area contributed by atoms with Gasteiger partial charge in [-0.15, -0.1) is 0 Å². The third-order valence-electron chi connectivity index (χ3n) is 6.37. The summed E-state index contributed by atoms with van der Waals surface area (Å²) in [7, 11) is 1.43. The maximum Gasteiger partial charge on any atom is 0.408 e. The minimum atomic E-state index is -0.850. The number of rotatable bonds is 5. The molecule has 10 nitrogen and oxygen atoms in total. The maximum absolute atomic E-state index is 15.8. The van der Waals surface area contributed by atoms with Gasteiger partial charge in [-0.05, 0) is 57.3 Å². The van der Waals surface area contributed by atoms with Gasteiger partial charge in [-0.25, -0.2) is 9.18 Å². The molecule has 0 spiro atoms. The number of amides is 1. The van der Waals surface area contributed by atoms with Crippen LogP contribution in [0.15, 0.2) is 26.9 Å². The lowest BCUT2D eigenvalue weighted by molar-refractivity contribution is 0.0493. The van der Waals surface area contributed by atoms with Crippen LogP contribution >= 0.6 is 11.5 Å². The molecule has 2 aromatic heterocycles. The summed E-state index contributed by atoms with van der Waals surface area (Å²) in [6.07, 6.45) is 1.08. The van der Waals surface area contributed by atoms with Crippen molar-refractivity contribution in [1.29, 1.82) is 0 Å². The quantitative estimate of drug-likeness (QED) is 0.446. The number of halogens is 1. The molecule has 36 heavy (non-hydrogen) atoms. The first-order valence-corrected chi connectivity index (χ1v) is 12.6. The molecule has 3 N–H and O–H groups in total. The van der Waals surface area contributed by atoms with E-state index in [0.29, 0.717) is 29.1 Å². The van der Waals surface area contributed by atoms with E-state index in [1.807, 2.05) is 4.57 Å². The zero-order valence-corrected chi connectivity index (χ0v) is 21.3. The molecule has 0 bridgehead atoms. The van der Waals surface area contributed by atoms with Gasteiger partial charge in [0.15, 0.2) is 0 Å². The van der Waals surface area contributed by atoms with Crippen LogP contribution in [0.25, 0.3) is 21.1 Å². The lowest BCUT2D eigenvalue weighted by Gasteiger charge is -2.28. The number of oxime groups is 1. The van der Waals surface area contributed by atoms with Crippen molar-refractivity contribution in [2.75, 3.05) is 20.2 Å². The number of alkyl carbamates (subject to hydrolysis) is 1. The molecule has 2 atom stereocenters. The minimum absolute atomic E-state index is 0.0458. The van der Waals surface area contributed by atoms with Gasteiger partial charge in [-0.2, -0.15) is 0 Å². The summed E-state index contributed by atoms with van der Waals surface area (Å²) in [5, 5.41) is 10.3. The van der Waals surface area contributed by atoms with Gasteiger partial charge in [-0.3, -0.25) is 14.0 Å². The third kappa shape index (κ3) is 4.39. The largest absolute Gasteiger partial charge is 0.444 e. The van der Waals surface area contributed by atoms with E-state index in [4.69, 9.17) is 9.57 Å². The highest BCUT2D eigenvalue weighted by atomic mass is 32.1. The predicted molar refractivity (Wildman–Crippen MR) is 135 cm³/mol. The highest BCUT2D eigenvalue weighted by molar-refractivity contribution is 7.12. The van der Waals surface area contributed by atoms with Crippen molar-refractivity contribution in [2.24, 2.45) is 11.1 Å². The Morgan fingerprint density at radius 2 is 2.06 bits per heavy atom. The maximum atomic E-state index is 15.8. The number of nitrogens with zero attached hydrogens (tertiary/aromatic N) is 2. The van der Waals surface area contributed by atoms with E-state index < -0.39 is 40.5 Å². The van der Waals surface area contributed by atoms with E-state index in [1.54, 1.807) is 26.8 Å². The second-order valence-corrected chi connectivity index (χ2v) is 11.0. The van der Waals surface area contributed by atoms with E-state index in [0.717, 1.165) is 24.4 Å². The van der Waals surface area contributed by atoms with Crippen molar-refractivity contribution in [2.45, 2.75) is 51.3 Å². The fraction of sp³-hybridized carbons (Fsp3) is 0.500. The normalized spacial score (nSPS) is 20.2. The van der Waals surface area contributed by atoms with Crippen LogP contribution in [-0.4, -0.2) is 46.5 Å². The van der Waals surface area contributed by atoms with Crippen molar-refractivity contribution in [3.05, 3.63) is 44.1 Å². The standard InChI is InChI=1S/C24H28FN5O5S/c1-24(2,3)35-23(33)27-19(14-9-26-10-16(14)28-34-4)12-8-17-13(7-15(12)25)20(31)18-21(32)29-36-22(18)30(17)11-5-6-11/h7-8,11,14,19,26H,5-6,9-10H2,1-4H3,(H,27,33)(H,29,32)/b28-16-. The summed E-state index contributed by atoms with van der Waals surface area (Å²) in [6, 6.07) is 2.04. The Morgan fingerprint density at radius 3 is 2.72 bits per heavy atom. The highest BCUT2D eigenvalue weighted by Gasteiger charge is 2.37. The molecule has 12 heteroatoms. The number of hydrogen-bond donors (Lipinski definition) is 3. The zero-order valence-electron chi connectivity index (χ0n) is 20.4. The topological polar surface area (TPSA) is 127 Å². The number of carbonyl (C=O) groups is 1. The average Bonchev–Trinajstić information content (AvgIpc) is 3.40. The first kappa shape index (κ1) is 24.4. The number of nitrogens with one attached hydrogen (secondary N) is 3. The molecular weight excluding hydrogens is 489 g/mol. The van der Waals surface area contributed by atoms with Crippen molar-refractivity contribution in [3.8, 4) is 0 Å². The van der Waals surface area contributed by atoms with Gasteiger partial charge >= 0.3 is 6.09 Å². The SMILES string of the molecule is CO/N=C1/CNCC1C(NC(=O)OC(C)(C)C)c1cc2c(cc1F)c(=O)c1c(=O)[nH]sc1n2C1CC1. The van der Waals surface area contributed by atoms with Crippen LogP contribution in [0.4, 0.5) is 9.18 Å². The highest BCUT2D eigenvalue weighted by Crippen LogP contribution is 2.41. The van der Waals surface area contributed by atoms with E-state index in [2.05, 4.69) is 20.2 Å². The van der Waals surface area contributed by atoms with Crippen molar-refractivity contribution in [3.63, 3.8) is 0 Å². The number of ether oxygens (including phenoxy) is 1. The molecule has 1 saturated heterocycles. The molecule has 1 amide bonds. The van der Waals surface area contributed by atoms with Crippen LogP contribution < -0.4 is 21.6 Å². The summed E-state index contributed by atoms with van der Waals surface area (Å²) in [5.74, 6) is -1.09. The summed E-state index contributed by atoms with van der Waals surface area (Å²) in [4.78, 5) is 43.9. The third-order valence-corrected chi connectivity index (χ3v) is 7.26. The monoisotopic (exact) mass is 517 g/mol. The molecule has 192 valence electrons. The van der Waals surface area contributed by atoms with Crippen molar-refractivity contribution >= 4 is 44.5 Å². The lowest BCUT2D eigenvalue weighted by Crippen LogP contribution is -2.40. The van der Waals surface area contributed by atoms with Crippen LogP contribution in [-0.2, 0) is 9.57 Å². The van der Waals surface area contributed by atoms with Crippen LogP contribution in [0, 0.1) is 11.7 Å². The molecule has 0 radical (unpaired) electrons. The second-order valence-electron chi connectivity index (χ2n) is 10.2. The van der Waals surface area contributed by atoms with Gasteiger partial charge in [0.1, 0.15) is 28.7 Å². The fourth-order valence-corrected chi connectivity index (χ4v) is 5.69. The van der Waals surface area contributed by atoms with E-state index in [-0.39, 0.29) is 22.4 Å². The molecule has 1 aliphatic heterocycles. The van der Waals surface area contributed by atoms with Gasteiger partial charge < -0.3 is 24.8 Å². The zero-order chi connectivity index (χ0) is 25.8. The molecule has 2 aliphatic rings. The Labute approximate surface area is 209 Å². The molecule has 1 aromatic carbocycles. The van der Waals surface area contributed by atoms with Crippen LogP contribution in [0.3, 0.4) is 0 Å².